The molecule has 3 heteroatoms. The zero-order chi connectivity index (χ0) is 13.5. The number of nitrogens with one attached hydrogen (secondary N) is 1. The van der Waals surface area contributed by atoms with Crippen molar-refractivity contribution in [1.29, 1.82) is 0 Å². The zero-order valence-electron chi connectivity index (χ0n) is 12.2. The van der Waals surface area contributed by atoms with Gasteiger partial charge in [-0.05, 0) is 25.5 Å². The molecule has 1 aliphatic heterocycles. The molecular weight excluding hydrogens is 236 g/mol. The normalized spacial score (nSPS) is 19.1. The van der Waals surface area contributed by atoms with Crippen LogP contribution in [0.25, 0.3) is 0 Å². The summed E-state index contributed by atoms with van der Waals surface area (Å²) in [5, 5.41) is 3.60. The van der Waals surface area contributed by atoms with Crippen molar-refractivity contribution >= 4 is 0 Å². The van der Waals surface area contributed by atoms with Gasteiger partial charge in [0, 0.05) is 32.3 Å². The van der Waals surface area contributed by atoms with Crippen molar-refractivity contribution in [2.75, 3.05) is 39.4 Å². The Labute approximate surface area is 116 Å². The molecule has 0 radical (unpaired) electrons. The summed E-state index contributed by atoms with van der Waals surface area (Å²) in [4.78, 5) is 2.51. The second-order valence-electron chi connectivity index (χ2n) is 5.29. The largest absolute Gasteiger partial charge is 0.380 e. The van der Waals surface area contributed by atoms with Crippen LogP contribution in [-0.2, 0) is 4.74 Å². The van der Waals surface area contributed by atoms with Gasteiger partial charge < -0.3 is 10.1 Å². The van der Waals surface area contributed by atoms with Crippen LogP contribution in [0.3, 0.4) is 0 Å². The summed E-state index contributed by atoms with van der Waals surface area (Å²) in [6.45, 7) is 10.4. The van der Waals surface area contributed by atoms with Crippen molar-refractivity contribution in [3.8, 4) is 0 Å². The average molecular weight is 262 g/mol. The highest BCUT2D eigenvalue weighted by Crippen LogP contribution is 2.16. The highest BCUT2D eigenvalue weighted by Gasteiger charge is 2.16. The summed E-state index contributed by atoms with van der Waals surface area (Å²) < 4.78 is 5.53. The Hall–Kier alpha value is -0.900. The molecule has 106 valence electrons. The molecule has 1 aromatic rings. The van der Waals surface area contributed by atoms with E-state index in [9.17, 15) is 0 Å². The predicted molar refractivity (Wildman–Crippen MR) is 79.5 cm³/mol. The zero-order valence-corrected chi connectivity index (χ0v) is 12.2. The van der Waals surface area contributed by atoms with Crippen LogP contribution in [0, 0.1) is 6.92 Å². The monoisotopic (exact) mass is 262 g/mol. The third-order valence-electron chi connectivity index (χ3n) is 3.69. The minimum Gasteiger partial charge on any atom is -0.380 e. The highest BCUT2D eigenvalue weighted by molar-refractivity contribution is 5.24. The van der Waals surface area contributed by atoms with Gasteiger partial charge in [-0.2, -0.15) is 0 Å². The molecular formula is C16H26N2O. The predicted octanol–water partition coefficient (Wildman–Crippen LogP) is 2.37. The Morgan fingerprint density at radius 3 is 2.74 bits per heavy atom. The molecule has 1 aromatic carbocycles. The number of aryl methyl sites for hydroxylation is 1. The maximum Gasteiger partial charge on any atom is 0.0593 e. The van der Waals surface area contributed by atoms with E-state index in [0.717, 1.165) is 45.8 Å². The molecule has 19 heavy (non-hydrogen) atoms. The van der Waals surface area contributed by atoms with Gasteiger partial charge in [0.15, 0.2) is 0 Å². The summed E-state index contributed by atoms with van der Waals surface area (Å²) >= 11 is 0. The van der Waals surface area contributed by atoms with E-state index in [1.807, 2.05) is 0 Å². The number of nitrogens with zero attached hydrogens (tertiary/aromatic N) is 1. The number of likely N-dealkylation sites (N-methyl/N-ethyl adjacent to an activating group) is 1. The quantitative estimate of drug-likeness (QED) is 0.881. The molecule has 0 amide bonds. The Bertz CT molecular complexity index is 356. The lowest BCUT2D eigenvalue weighted by Crippen LogP contribution is -2.36. The lowest BCUT2D eigenvalue weighted by molar-refractivity contribution is 0.139. The minimum atomic E-state index is 0.420. The first-order valence-electron chi connectivity index (χ1n) is 7.39. The van der Waals surface area contributed by atoms with E-state index in [1.54, 1.807) is 0 Å². The van der Waals surface area contributed by atoms with Crippen LogP contribution >= 0.6 is 0 Å². The highest BCUT2D eigenvalue weighted by atomic mass is 16.5. The third-order valence-corrected chi connectivity index (χ3v) is 3.69. The molecule has 0 aliphatic carbocycles. The van der Waals surface area contributed by atoms with Gasteiger partial charge in [-0.15, -0.1) is 0 Å². The molecule has 1 aliphatic rings. The number of hydrogen-bond acceptors (Lipinski definition) is 3. The van der Waals surface area contributed by atoms with E-state index in [0.29, 0.717) is 6.04 Å². The first kappa shape index (κ1) is 14.5. The van der Waals surface area contributed by atoms with Crippen LogP contribution in [-0.4, -0.2) is 44.3 Å². The van der Waals surface area contributed by atoms with E-state index in [-0.39, 0.29) is 0 Å². The topological polar surface area (TPSA) is 24.5 Å². The van der Waals surface area contributed by atoms with Crippen molar-refractivity contribution in [3.63, 3.8) is 0 Å². The third kappa shape index (κ3) is 4.60. The van der Waals surface area contributed by atoms with Gasteiger partial charge in [0.1, 0.15) is 0 Å². The first-order valence-corrected chi connectivity index (χ1v) is 7.39. The molecule has 0 spiro atoms. The van der Waals surface area contributed by atoms with E-state index < -0.39 is 0 Å². The summed E-state index contributed by atoms with van der Waals surface area (Å²) in [6, 6.07) is 9.31. The summed E-state index contributed by atoms with van der Waals surface area (Å²) in [5.74, 6) is 0. The second kappa shape index (κ2) is 7.63. The van der Waals surface area contributed by atoms with Gasteiger partial charge in [-0.25, -0.2) is 0 Å². The summed E-state index contributed by atoms with van der Waals surface area (Å²) in [7, 11) is 0. The van der Waals surface area contributed by atoms with Crippen molar-refractivity contribution in [2.45, 2.75) is 26.3 Å². The average Bonchev–Trinajstić information content (AvgIpc) is 2.68. The fourth-order valence-electron chi connectivity index (χ4n) is 2.57. The molecule has 2 rings (SSSR count). The van der Waals surface area contributed by atoms with Crippen molar-refractivity contribution < 1.29 is 4.74 Å². The Kier molecular flexibility index (Phi) is 5.83. The number of rotatable bonds is 5. The molecule has 3 nitrogen and oxygen atoms in total. The van der Waals surface area contributed by atoms with Gasteiger partial charge in [0.25, 0.3) is 0 Å². The van der Waals surface area contributed by atoms with E-state index in [1.165, 1.54) is 11.1 Å². The van der Waals surface area contributed by atoms with Crippen LogP contribution in [0.4, 0.5) is 0 Å². The van der Waals surface area contributed by atoms with Crippen LogP contribution in [0.5, 0.6) is 0 Å². The summed E-state index contributed by atoms with van der Waals surface area (Å²) in [5.41, 5.74) is 2.71. The van der Waals surface area contributed by atoms with Crippen LogP contribution < -0.4 is 5.32 Å². The molecule has 0 aromatic heterocycles. The first-order chi connectivity index (χ1) is 9.29. The summed E-state index contributed by atoms with van der Waals surface area (Å²) in [6.07, 6.45) is 1.15. The van der Waals surface area contributed by atoms with Gasteiger partial charge in [0.05, 0.1) is 6.61 Å². The molecule has 0 bridgehead atoms. The number of ether oxygens (including phenoxy) is 1. The molecule has 0 saturated carbocycles. The van der Waals surface area contributed by atoms with E-state index >= 15 is 0 Å². The van der Waals surface area contributed by atoms with Crippen molar-refractivity contribution in [1.82, 2.24) is 10.2 Å². The van der Waals surface area contributed by atoms with Gasteiger partial charge in [0.2, 0.25) is 0 Å². The van der Waals surface area contributed by atoms with E-state index in [4.69, 9.17) is 4.74 Å². The maximum absolute atomic E-state index is 5.53. The number of hydrogen-bond donors (Lipinski definition) is 1. The van der Waals surface area contributed by atoms with Crippen LogP contribution in [0.15, 0.2) is 24.3 Å². The SMILES string of the molecule is CCNC(CN1CCCOCC1)c1ccc(C)cc1. The Morgan fingerprint density at radius 2 is 2.00 bits per heavy atom. The smallest absolute Gasteiger partial charge is 0.0593 e. The lowest BCUT2D eigenvalue weighted by Gasteiger charge is -2.26. The fourth-order valence-corrected chi connectivity index (χ4v) is 2.57. The molecule has 1 heterocycles. The molecule has 1 N–H and O–H groups in total. The fraction of sp³-hybridized carbons (Fsp3) is 0.625. The van der Waals surface area contributed by atoms with Gasteiger partial charge in [-0.3, -0.25) is 4.90 Å². The van der Waals surface area contributed by atoms with Gasteiger partial charge >= 0.3 is 0 Å². The molecule has 1 saturated heterocycles. The lowest BCUT2D eigenvalue weighted by atomic mass is 10.0. The van der Waals surface area contributed by atoms with Crippen molar-refractivity contribution in [3.05, 3.63) is 35.4 Å². The minimum absolute atomic E-state index is 0.420. The molecule has 1 unspecified atom stereocenters. The number of benzene rings is 1. The molecule has 1 fully saturated rings. The maximum atomic E-state index is 5.53. The second-order valence-corrected chi connectivity index (χ2v) is 5.29. The van der Waals surface area contributed by atoms with Crippen molar-refractivity contribution in [2.24, 2.45) is 0 Å². The van der Waals surface area contributed by atoms with Crippen LogP contribution in [0.2, 0.25) is 0 Å². The molecule has 1 atom stereocenters. The van der Waals surface area contributed by atoms with Gasteiger partial charge in [-0.1, -0.05) is 36.8 Å². The van der Waals surface area contributed by atoms with Crippen LogP contribution in [0.1, 0.15) is 30.5 Å². The Morgan fingerprint density at radius 1 is 1.21 bits per heavy atom. The van der Waals surface area contributed by atoms with E-state index in [2.05, 4.69) is 48.3 Å². The standard InChI is InChI=1S/C16H26N2O/c1-3-17-16(15-7-5-14(2)6-8-15)13-18-9-4-11-19-12-10-18/h5-8,16-17H,3-4,9-13H2,1-2H3. The Balaban J connectivity index is 2.00.